The second-order valence-corrected chi connectivity index (χ2v) is 4.63. The number of hydrogen-bond donors (Lipinski definition) is 1. The largest absolute Gasteiger partial charge is 0.468 e. The van der Waals surface area contributed by atoms with Crippen LogP contribution in [0, 0.1) is 6.92 Å². The van der Waals surface area contributed by atoms with E-state index in [-0.39, 0.29) is 0 Å². The molecule has 1 aromatic heterocycles. The second-order valence-electron chi connectivity index (χ2n) is 3.21. The van der Waals surface area contributed by atoms with E-state index in [9.17, 15) is 0 Å². The van der Waals surface area contributed by atoms with E-state index < -0.39 is 0 Å². The molecule has 3 heteroatoms. The highest BCUT2D eigenvalue weighted by Gasteiger charge is 2.05. The first-order chi connectivity index (χ1) is 6.24. The van der Waals surface area contributed by atoms with Crippen LogP contribution in [0.1, 0.15) is 18.2 Å². The van der Waals surface area contributed by atoms with Crippen molar-refractivity contribution >= 4 is 11.8 Å². The Labute approximate surface area is 84.1 Å². The summed E-state index contributed by atoms with van der Waals surface area (Å²) in [6, 6.07) is 2.01. The first kappa shape index (κ1) is 10.7. The molecule has 74 valence electrons. The normalized spacial score (nSPS) is 13.2. The Kier molecular flexibility index (Phi) is 4.39. The zero-order valence-electron chi connectivity index (χ0n) is 8.46. The van der Waals surface area contributed by atoms with Gasteiger partial charge in [0.2, 0.25) is 0 Å². The van der Waals surface area contributed by atoms with Gasteiger partial charge in [0.05, 0.1) is 12.0 Å². The van der Waals surface area contributed by atoms with E-state index in [2.05, 4.69) is 19.2 Å². The monoisotopic (exact) mass is 199 g/mol. The lowest BCUT2D eigenvalue weighted by molar-refractivity contribution is 0.527. The average molecular weight is 199 g/mol. The lowest BCUT2D eigenvalue weighted by Crippen LogP contribution is -2.17. The van der Waals surface area contributed by atoms with Crippen molar-refractivity contribution in [3.05, 3.63) is 23.7 Å². The first-order valence-corrected chi connectivity index (χ1v) is 5.58. The molecule has 0 aliphatic carbocycles. The van der Waals surface area contributed by atoms with Gasteiger partial charge >= 0.3 is 0 Å². The van der Waals surface area contributed by atoms with Crippen LogP contribution < -0.4 is 5.32 Å². The molecule has 0 spiro atoms. The van der Waals surface area contributed by atoms with Crippen LogP contribution in [-0.4, -0.2) is 18.8 Å². The number of hydrogen-bond acceptors (Lipinski definition) is 3. The third-order valence-electron chi connectivity index (χ3n) is 1.96. The lowest BCUT2D eigenvalue weighted by Gasteiger charge is -2.08. The third-order valence-corrected chi connectivity index (χ3v) is 3.12. The molecule has 0 aliphatic rings. The standard InChI is InChI=1S/C10H17NOS/c1-8-4-5-12-10(8)7-13-9(2)6-11-3/h4-5,9,11H,6-7H2,1-3H3. The van der Waals surface area contributed by atoms with Gasteiger partial charge in [-0.1, -0.05) is 6.92 Å². The molecule has 2 nitrogen and oxygen atoms in total. The minimum atomic E-state index is 0.634. The predicted molar refractivity (Wildman–Crippen MR) is 58.1 cm³/mol. The van der Waals surface area contributed by atoms with Crippen molar-refractivity contribution in [2.75, 3.05) is 13.6 Å². The van der Waals surface area contributed by atoms with Crippen LogP contribution in [-0.2, 0) is 5.75 Å². The fraction of sp³-hybridized carbons (Fsp3) is 0.600. The van der Waals surface area contributed by atoms with Crippen LogP contribution in [0.15, 0.2) is 16.7 Å². The van der Waals surface area contributed by atoms with Gasteiger partial charge in [-0.15, -0.1) is 11.8 Å². The van der Waals surface area contributed by atoms with Crippen molar-refractivity contribution in [1.29, 1.82) is 0 Å². The number of aryl methyl sites for hydroxylation is 1. The Hall–Kier alpha value is -0.410. The van der Waals surface area contributed by atoms with E-state index in [1.807, 2.05) is 24.9 Å². The maximum absolute atomic E-state index is 5.35. The van der Waals surface area contributed by atoms with Gasteiger partial charge in [-0.05, 0) is 25.6 Å². The quantitative estimate of drug-likeness (QED) is 0.788. The minimum absolute atomic E-state index is 0.634. The summed E-state index contributed by atoms with van der Waals surface area (Å²) >= 11 is 1.92. The van der Waals surface area contributed by atoms with Gasteiger partial charge in [0, 0.05) is 11.8 Å². The zero-order valence-corrected chi connectivity index (χ0v) is 9.28. The van der Waals surface area contributed by atoms with Gasteiger partial charge in [0.1, 0.15) is 5.76 Å². The molecule has 1 heterocycles. The lowest BCUT2D eigenvalue weighted by atomic mass is 10.3. The molecule has 0 fully saturated rings. The van der Waals surface area contributed by atoms with E-state index in [1.165, 1.54) is 5.56 Å². The highest BCUT2D eigenvalue weighted by Crippen LogP contribution is 2.20. The first-order valence-electron chi connectivity index (χ1n) is 4.53. The van der Waals surface area contributed by atoms with Crippen LogP contribution in [0.5, 0.6) is 0 Å². The predicted octanol–water partition coefficient (Wildman–Crippen LogP) is 2.43. The fourth-order valence-corrected chi connectivity index (χ4v) is 2.13. The van der Waals surface area contributed by atoms with Crippen LogP contribution in [0.25, 0.3) is 0 Å². The fourth-order valence-electron chi connectivity index (χ4n) is 1.12. The summed E-state index contributed by atoms with van der Waals surface area (Å²) in [7, 11) is 1.98. The molecule has 1 rings (SSSR count). The van der Waals surface area contributed by atoms with Crippen molar-refractivity contribution in [2.24, 2.45) is 0 Å². The van der Waals surface area contributed by atoms with E-state index in [1.54, 1.807) is 6.26 Å². The summed E-state index contributed by atoms with van der Waals surface area (Å²) in [5.41, 5.74) is 1.25. The Morgan fingerprint density at radius 1 is 1.62 bits per heavy atom. The molecular formula is C10H17NOS. The van der Waals surface area contributed by atoms with Crippen molar-refractivity contribution < 1.29 is 4.42 Å². The van der Waals surface area contributed by atoms with Gasteiger partial charge in [0.25, 0.3) is 0 Å². The van der Waals surface area contributed by atoms with Crippen molar-refractivity contribution in [3.63, 3.8) is 0 Å². The molecule has 0 aliphatic heterocycles. The van der Waals surface area contributed by atoms with Gasteiger partial charge in [-0.3, -0.25) is 0 Å². The molecular weight excluding hydrogens is 182 g/mol. The van der Waals surface area contributed by atoms with Crippen LogP contribution >= 0.6 is 11.8 Å². The molecule has 0 bridgehead atoms. The highest BCUT2D eigenvalue weighted by atomic mass is 32.2. The molecule has 0 aromatic carbocycles. The van der Waals surface area contributed by atoms with Crippen LogP contribution in [0.3, 0.4) is 0 Å². The Bertz CT molecular complexity index is 247. The molecule has 1 atom stereocenters. The zero-order chi connectivity index (χ0) is 9.68. The third kappa shape index (κ3) is 3.44. The summed E-state index contributed by atoms with van der Waals surface area (Å²) in [5.74, 6) is 2.08. The summed E-state index contributed by atoms with van der Waals surface area (Å²) < 4.78 is 5.35. The highest BCUT2D eigenvalue weighted by molar-refractivity contribution is 7.99. The summed E-state index contributed by atoms with van der Waals surface area (Å²) in [6.07, 6.45) is 1.76. The van der Waals surface area contributed by atoms with E-state index >= 15 is 0 Å². The van der Waals surface area contributed by atoms with Crippen molar-refractivity contribution in [1.82, 2.24) is 5.32 Å². The number of thioether (sulfide) groups is 1. The Balaban J connectivity index is 2.30. The van der Waals surface area contributed by atoms with E-state index in [0.717, 1.165) is 18.1 Å². The number of rotatable bonds is 5. The Morgan fingerprint density at radius 2 is 2.38 bits per heavy atom. The Morgan fingerprint density at radius 3 is 2.92 bits per heavy atom. The minimum Gasteiger partial charge on any atom is -0.468 e. The maximum atomic E-state index is 5.35. The molecule has 1 aromatic rings. The molecule has 13 heavy (non-hydrogen) atoms. The average Bonchev–Trinajstić information content (AvgIpc) is 2.48. The topological polar surface area (TPSA) is 25.2 Å². The summed E-state index contributed by atoms with van der Waals surface area (Å²) in [6.45, 7) is 5.35. The molecule has 1 unspecified atom stereocenters. The van der Waals surface area contributed by atoms with Crippen molar-refractivity contribution in [3.8, 4) is 0 Å². The molecule has 1 N–H and O–H groups in total. The van der Waals surface area contributed by atoms with Crippen LogP contribution in [0.4, 0.5) is 0 Å². The summed E-state index contributed by atoms with van der Waals surface area (Å²) in [5, 5.41) is 3.79. The molecule has 0 saturated heterocycles. The number of furan rings is 1. The second kappa shape index (κ2) is 5.35. The SMILES string of the molecule is CNCC(C)SCc1occc1C. The maximum Gasteiger partial charge on any atom is 0.116 e. The molecule has 0 radical (unpaired) electrons. The molecule has 0 saturated carbocycles. The van der Waals surface area contributed by atoms with Crippen LogP contribution in [0.2, 0.25) is 0 Å². The number of nitrogens with one attached hydrogen (secondary N) is 1. The van der Waals surface area contributed by atoms with Gasteiger partial charge < -0.3 is 9.73 Å². The van der Waals surface area contributed by atoms with Crippen molar-refractivity contribution in [2.45, 2.75) is 24.9 Å². The van der Waals surface area contributed by atoms with Gasteiger partial charge in [-0.25, -0.2) is 0 Å². The smallest absolute Gasteiger partial charge is 0.116 e. The van der Waals surface area contributed by atoms with Gasteiger partial charge in [-0.2, -0.15) is 0 Å². The van der Waals surface area contributed by atoms with E-state index in [4.69, 9.17) is 4.42 Å². The summed E-state index contributed by atoms with van der Waals surface area (Å²) in [4.78, 5) is 0. The van der Waals surface area contributed by atoms with Gasteiger partial charge in [0.15, 0.2) is 0 Å². The molecule has 0 amide bonds. The van der Waals surface area contributed by atoms with E-state index in [0.29, 0.717) is 5.25 Å².